The Hall–Kier alpha value is -1.22. The number of amides is 2. The van der Waals surface area contributed by atoms with Crippen LogP contribution in [0.5, 0.6) is 0 Å². The van der Waals surface area contributed by atoms with Crippen molar-refractivity contribution in [3.8, 4) is 0 Å². The van der Waals surface area contributed by atoms with E-state index in [0.29, 0.717) is 10.7 Å². The molecule has 6 nitrogen and oxygen atoms in total. The number of halogens is 4. The Bertz CT molecular complexity index is 896. The molecule has 0 saturated carbocycles. The molecule has 2 rings (SSSR count). The van der Waals surface area contributed by atoms with Crippen LogP contribution in [0.4, 0.5) is 16.2 Å². The van der Waals surface area contributed by atoms with Crippen molar-refractivity contribution in [3.05, 3.63) is 50.4 Å². The Kier molecular flexibility index (Phi) is 5.85. The van der Waals surface area contributed by atoms with Crippen LogP contribution in [-0.4, -0.2) is 14.4 Å². The zero-order valence-electron chi connectivity index (χ0n) is 11.6. The summed E-state index contributed by atoms with van der Waals surface area (Å²) < 4.78 is 22.6. The normalized spacial score (nSPS) is 11.2. The van der Waals surface area contributed by atoms with Crippen LogP contribution in [0.3, 0.4) is 0 Å². The molecule has 0 aromatic heterocycles. The molecule has 0 atom stereocenters. The van der Waals surface area contributed by atoms with E-state index in [1.807, 2.05) is 0 Å². The van der Waals surface area contributed by atoms with Gasteiger partial charge in [-0.2, -0.15) is 0 Å². The molecule has 0 radical (unpaired) electrons. The van der Waals surface area contributed by atoms with Crippen LogP contribution in [0.2, 0.25) is 20.1 Å². The second kappa shape index (κ2) is 7.35. The molecule has 0 bridgehead atoms. The number of sulfonamides is 1. The topological polar surface area (TPSA) is 101 Å². The van der Waals surface area contributed by atoms with Crippen molar-refractivity contribution >= 4 is 73.8 Å². The fourth-order valence-electron chi connectivity index (χ4n) is 1.68. The molecule has 0 unspecified atom stereocenters. The molecule has 2 aromatic rings. The highest BCUT2D eigenvalue weighted by Gasteiger charge is 2.16. The predicted octanol–water partition coefficient (Wildman–Crippen LogP) is 4.59. The summed E-state index contributed by atoms with van der Waals surface area (Å²) >= 11 is 23.5. The van der Waals surface area contributed by atoms with E-state index in [-0.39, 0.29) is 25.7 Å². The third-order valence-corrected chi connectivity index (χ3v) is 4.99. The molecule has 0 aliphatic heterocycles. The Labute approximate surface area is 157 Å². The van der Waals surface area contributed by atoms with Crippen molar-refractivity contribution in [1.29, 1.82) is 0 Å². The van der Waals surface area contributed by atoms with Gasteiger partial charge in [0.05, 0.1) is 30.7 Å². The van der Waals surface area contributed by atoms with E-state index in [1.165, 1.54) is 12.1 Å². The molecule has 4 N–H and O–H groups in total. The number of nitrogens with one attached hydrogen (secondary N) is 2. The second-order valence-electron chi connectivity index (χ2n) is 4.51. The van der Waals surface area contributed by atoms with Crippen LogP contribution in [0, 0.1) is 0 Å². The van der Waals surface area contributed by atoms with Crippen LogP contribution in [0.1, 0.15) is 0 Å². The van der Waals surface area contributed by atoms with E-state index < -0.39 is 16.1 Å². The third-order valence-electron chi connectivity index (χ3n) is 2.76. The molecule has 0 saturated heterocycles. The van der Waals surface area contributed by atoms with Crippen LogP contribution in [-0.2, 0) is 10.0 Å². The van der Waals surface area contributed by atoms with E-state index in [9.17, 15) is 13.2 Å². The lowest BCUT2D eigenvalue weighted by Crippen LogP contribution is -2.20. The van der Waals surface area contributed by atoms with E-state index in [2.05, 4.69) is 10.6 Å². The molecule has 0 heterocycles. The molecule has 128 valence electrons. The maximum Gasteiger partial charge on any atom is 0.323 e. The molecule has 11 heteroatoms. The average Bonchev–Trinajstić information content (AvgIpc) is 2.45. The van der Waals surface area contributed by atoms with Crippen LogP contribution >= 0.6 is 46.4 Å². The van der Waals surface area contributed by atoms with Crippen molar-refractivity contribution in [2.24, 2.45) is 5.14 Å². The Morgan fingerprint density at radius 1 is 0.875 bits per heavy atom. The number of primary sulfonamides is 1. The van der Waals surface area contributed by atoms with Gasteiger partial charge in [0.25, 0.3) is 0 Å². The minimum Gasteiger partial charge on any atom is -0.308 e. The second-order valence-corrected chi connectivity index (χ2v) is 7.71. The van der Waals surface area contributed by atoms with Crippen molar-refractivity contribution in [3.63, 3.8) is 0 Å². The summed E-state index contributed by atoms with van der Waals surface area (Å²) in [6.45, 7) is 0. The van der Waals surface area contributed by atoms with Crippen molar-refractivity contribution in [2.45, 2.75) is 4.90 Å². The highest BCUT2D eigenvalue weighted by molar-refractivity contribution is 7.89. The first kappa shape index (κ1) is 19.1. The molecule has 0 spiro atoms. The quantitative estimate of drug-likeness (QED) is 0.665. The lowest BCUT2D eigenvalue weighted by molar-refractivity contribution is 0.262. The smallest absolute Gasteiger partial charge is 0.308 e. The summed E-state index contributed by atoms with van der Waals surface area (Å²) in [4.78, 5) is 11.7. The first-order valence-corrected chi connectivity index (χ1v) is 9.18. The van der Waals surface area contributed by atoms with Gasteiger partial charge >= 0.3 is 6.03 Å². The van der Waals surface area contributed by atoms with Crippen LogP contribution in [0.15, 0.2) is 35.2 Å². The number of urea groups is 1. The highest BCUT2D eigenvalue weighted by Crippen LogP contribution is 2.33. The number of carbonyl (C=O) groups is 1. The zero-order valence-corrected chi connectivity index (χ0v) is 15.4. The van der Waals surface area contributed by atoms with Gasteiger partial charge in [-0.25, -0.2) is 18.4 Å². The Balaban J connectivity index is 2.21. The van der Waals surface area contributed by atoms with E-state index in [1.54, 1.807) is 6.07 Å². The molecule has 0 aliphatic rings. The lowest BCUT2D eigenvalue weighted by Gasteiger charge is -2.12. The molecule has 24 heavy (non-hydrogen) atoms. The number of nitrogens with two attached hydrogens (primary N) is 1. The first-order valence-electron chi connectivity index (χ1n) is 6.13. The van der Waals surface area contributed by atoms with E-state index in [4.69, 9.17) is 51.5 Å². The third kappa shape index (κ3) is 4.66. The van der Waals surface area contributed by atoms with Crippen LogP contribution in [0.25, 0.3) is 0 Å². The molecule has 0 aliphatic carbocycles. The molecular weight excluding hydrogens is 420 g/mol. The molecule has 0 fully saturated rings. The van der Waals surface area contributed by atoms with E-state index in [0.717, 1.165) is 12.1 Å². The minimum absolute atomic E-state index is 0.0308. The summed E-state index contributed by atoms with van der Waals surface area (Å²) in [7, 11) is -3.97. The number of benzene rings is 2. The van der Waals surface area contributed by atoms with Gasteiger partial charge in [-0.05, 0) is 30.3 Å². The monoisotopic (exact) mass is 427 g/mol. The van der Waals surface area contributed by atoms with Crippen molar-refractivity contribution < 1.29 is 13.2 Å². The number of anilines is 2. The van der Waals surface area contributed by atoms with Crippen LogP contribution < -0.4 is 15.8 Å². The maximum absolute atomic E-state index is 12.0. The molecule has 2 aromatic carbocycles. The first-order chi connectivity index (χ1) is 11.1. The van der Waals surface area contributed by atoms with Crippen molar-refractivity contribution in [1.82, 2.24) is 0 Å². The lowest BCUT2D eigenvalue weighted by atomic mass is 10.3. The predicted molar refractivity (Wildman–Crippen MR) is 96.9 cm³/mol. The van der Waals surface area contributed by atoms with E-state index >= 15 is 0 Å². The Morgan fingerprint density at radius 2 is 1.46 bits per heavy atom. The van der Waals surface area contributed by atoms with Gasteiger partial charge in [0, 0.05) is 5.69 Å². The van der Waals surface area contributed by atoms with Gasteiger partial charge in [0.2, 0.25) is 10.0 Å². The zero-order chi connectivity index (χ0) is 18.1. The largest absolute Gasteiger partial charge is 0.323 e. The summed E-state index contributed by atoms with van der Waals surface area (Å²) in [5.41, 5.74) is 0.415. The van der Waals surface area contributed by atoms with Crippen molar-refractivity contribution in [2.75, 3.05) is 10.6 Å². The summed E-state index contributed by atoms with van der Waals surface area (Å²) in [6, 6.07) is 6.01. The van der Waals surface area contributed by atoms with Gasteiger partial charge in [-0.3, -0.25) is 0 Å². The summed E-state index contributed by atoms with van der Waals surface area (Å²) in [5, 5.41) is 10.4. The standard InChI is InChI=1S/C13H9Cl4N3O3S/c14-8-2-1-6(3-9(8)15)19-13(21)20-12-10(16)4-7(5-11(12)17)24(18,22)23/h1-5H,(H2,18,22,23)(H2,19,20,21). The van der Waals surface area contributed by atoms with Gasteiger partial charge in [-0.15, -0.1) is 0 Å². The fourth-order valence-corrected chi connectivity index (χ4v) is 3.26. The van der Waals surface area contributed by atoms with Gasteiger partial charge in [0.15, 0.2) is 0 Å². The summed E-state index contributed by atoms with van der Waals surface area (Å²) in [5.74, 6) is 0. The number of hydrogen-bond acceptors (Lipinski definition) is 3. The average molecular weight is 429 g/mol. The maximum atomic E-state index is 12.0. The molecular formula is C13H9Cl4N3O3S. The Morgan fingerprint density at radius 3 is 1.96 bits per heavy atom. The number of carbonyl (C=O) groups excluding carboxylic acids is 1. The number of rotatable bonds is 3. The van der Waals surface area contributed by atoms with Gasteiger partial charge in [0.1, 0.15) is 0 Å². The van der Waals surface area contributed by atoms with Gasteiger partial charge < -0.3 is 10.6 Å². The number of hydrogen-bond donors (Lipinski definition) is 3. The SMILES string of the molecule is NS(=O)(=O)c1cc(Cl)c(NC(=O)Nc2ccc(Cl)c(Cl)c2)c(Cl)c1. The highest BCUT2D eigenvalue weighted by atomic mass is 35.5. The van der Waals surface area contributed by atoms with Gasteiger partial charge in [-0.1, -0.05) is 46.4 Å². The molecule has 2 amide bonds. The minimum atomic E-state index is -3.97. The summed E-state index contributed by atoms with van der Waals surface area (Å²) in [6.07, 6.45) is 0. The fraction of sp³-hybridized carbons (Fsp3) is 0.